The second-order valence-electron chi connectivity index (χ2n) is 4.49. The molecule has 0 aromatic carbocycles. The summed E-state index contributed by atoms with van der Waals surface area (Å²) in [6.45, 7) is 2.73. The van der Waals surface area contributed by atoms with Crippen LogP contribution in [-0.4, -0.2) is 40.6 Å². The van der Waals surface area contributed by atoms with Gasteiger partial charge in [-0.1, -0.05) is 6.07 Å². The van der Waals surface area contributed by atoms with E-state index >= 15 is 0 Å². The Bertz CT molecular complexity index is 531. The molecule has 2 aromatic heterocycles. The molecule has 1 unspecified atom stereocenters. The first-order chi connectivity index (χ1) is 9.31. The number of hydrogen-bond acceptors (Lipinski definition) is 4. The molecule has 1 aliphatic heterocycles. The molecule has 2 aromatic rings. The highest BCUT2D eigenvalue weighted by atomic mass is 19.1. The summed E-state index contributed by atoms with van der Waals surface area (Å²) in [7, 11) is 0. The van der Waals surface area contributed by atoms with Crippen LogP contribution in [0.4, 0.5) is 10.2 Å². The van der Waals surface area contributed by atoms with Gasteiger partial charge in [-0.05, 0) is 18.2 Å². The van der Waals surface area contributed by atoms with Gasteiger partial charge in [-0.25, -0.2) is 4.98 Å². The molecule has 19 heavy (non-hydrogen) atoms. The highest BCUT2D eigenvalue weighted by Crippen LogP contribution is 2.16. The first-order valence-corrected chi connectivity index (χ1v) is 6.28. The van der Waals surface area contributed by atoms with Gasteiger partial charge in [0.2, 0.25) is 5.95 Å². The number of hydrogen-bond donors (Lipinski definition) is 0. The van der Waals surface area contributed by atoms with Crippen LogP contribution >= 0.6 is 0 Å². The largest absolute Gasteiger partial charge is 0.373 e. The zero-order chi connectivity index (χ0) is 13.1. The number of ether oxygens (including phenoxy) is 1. The van der Waals surface area contributed by atoms with E-state index < -0.39 is 5.95 Å². The first-order valence-electron chi connectivity index (χ1n) is 6.28. The second-order valence-corrected chi connectivity index (χ2v) is 4.49. The number of halogens is 1. The Balaban J connectivity index is 1.67. The van der Waals surface area contributed by atoms with E-state index in [0.29, 0.717) is 25.5 Å². The van der Waals surface area contributed by atoms with Gasteiger partial charge in [-0.15, -0.1) is 0 Å². The summed E-state index contributed by atoms with van der Waals surface area (Å²) in [5.74, 6) is 0.210. The number of anilines is 1. The SMILES string of the molecule is Fc1cccc(N2CCOC(Cn3cccn3)C2)n1. The summed E-state index contributed by atoms with van der Waals surface area (Å²) >= 11 is 0. The van der Waals surface area contributed by atoms with E-state index in [9.17, 15) is 4.39 Å². The lowest BCUT2D eigenvalue weighted by Gasteiger charge is -2.33. The van der Waals surface area contributed by atoms with Crippen molar-refractivity contribution in [2.75, 3.05) is 24.6 Å². The predicted octanol–water partition coefficient (Wildman–Crippen LogP) is 1.32. The van der Waals surface area contributed by atoms with Crippen LogP contribution in [0.5, 0.6) is 0 Å². The number of nitrogens with zero attached hydrogens (tertiary/aromatic N) is 4. The van der Waals surface area contributed by atoms with E-state index in [-0.39, 0.29) is 6.10 Å². The molecule has 0 spiro atoms. The highest BCUT2D eigenvalue weighted by molar-refractivity contribution is 5.38. The van der Waals surface area contributed by atoms with E-state index in [1.165, 1.54) is 6.07 Å². The van der Waals surface area contributed by atoms with Crippen molar-refractivity contribution in [3.05, 3.63) is 42.6 Å². The molecule has 1 saturated heterocycles. The maximum absolute atomic E-state index is 13.1. The van der Waals surface area contributed by atoms with Crippen molar-refractivity contribution in [1.29, 1.82) is 0 Å². The molecule has 1 aliphatic rings. The van der Waals surface area contributed by atoms with Gasteiger partial charge >= 0.3 is 0 Å². The third-order valence-electron chi connectivity index (χ3n) is 3.11. The molecule has 1 atom stereocenters. The minimum absolute atomic E-state index is 0.0405. The standard InChI is InChI=1S/C13H15FN4O/c14-12-3-1-4-13(16-12)17-7-8-19-11(9-17)10-18-6-2-5-15-18/h1-6,11H,7-10H2. The number of pyridine rings is 1. The maximum Gasteiger partial charge on any atom is 0.214 e. The predicted molar refractivity (Wildman–Crippen MR) is 68.4 cm³/mol. The van der Waals surface area contributed by atoms with Gasteiger partial charge in [-0.3, -0.25) is 4.68 Å². The van der Waals surface area contributed by atoms with Gasteiger partial charge in [0.25, 0.3) is 0 Å². The van der Waals surface area contributed by atoms with Crippen molar-refractivity contribution in [3.8, 4) is 0 Å². The van der Waals surface area contributed by atoms with Gasteiger partial charge in [0.15, 0.2) is 0 Å². The summed E-state index contributed by atoms with van der Waals surface area (Å²) < 4.78 is 20.7. The minimum atomic E-state index is -0.451. The van der Waals surface area contributed by atoms with Gasteiger partial charge in [0.1, 0.15) is 5.82 Å². The molecule has 5 nitrogen and oxygen atoms in total. The molecule has 0 N–H and O–H groups in total. The van der Waals surface area contributed by atoms with Gasteiger partial charge in [0, 0.05) is 25.5 Å². The molecule has 0 amide bonds. The quantitative estimate of drug-likeness (QED) is 0.783. The van der Waals surface area contributed by atoms with Crippen LogP contribution in [0.1, 0.15) is 0 Å². The summed E-state index contributed by atoms with van der Waals surface area (Å²) in [6, 6.07) is 6.73. The Morgan fingerprint density at radius 1 is 1.37 bits per heavy atom. The average molecular weight is 262 g/mol. The van der Waals surface area contributed by atoms with Crippen LogP contribution in [0.25, 0.3) is 0 Å². The maximum atomic E-state index is 13.1. The van der Waals surface area contributed by atoms with E-state index in [1.807, 2.05) is 27.9 Å². The topological polar surface area (TPSA) is 43.2 Å². The van der Waals surface area contributed by atoms with Crippen molar-refractivity contribution in [2.45, 2.75) is 12.6 Å². The average Bonchev–Trinajstić information content (AvgIpc) is 2.92. The molecular formula is C13H15FN4O. The van der Waals surface area contributed by atoms with Gasteiger partial charge in [-0.2, -0.15) is 9.49 Å². The summed E-state index contributed by atoms with van der Waals surface area (Å²) in [6.07, 6.45) is 3.69. The number of rotatable bonds is 3. The molecule has 1 fully saturated rings. The summed E-state index contributed by atoms with van der Waals surface area (Å²) in [5, 5.41) is 4.16. The monoisotopic (exact) mass is 262 g/mol. The van der Waals surface area contributed by atoms with Crippen molar-refractivity contribution in [2.24, 2.45) is 0 Å². The Morgan fingerprint density at radius 3 is 3.11 bits per heavy atom. The van der Waals surface area contributed by atoms with Crippen LogP contribution in [0.3, 0.4) is 0 Å². The van der Waals surface area contributed by atoms with Crippen LogP contribution in [0.2, 0.25) is 0 Å². The van der Waals surface area contributed by atoms with Crippen LogP contribution in [0, 0.1) is 5.95 Å². The zero-order valence-electron chi connectivity index (χ0n) is 10.4. The molecule has 0 radical (unpaired) electrons. The fraction of sp³-hybridized carbons (Fsp3) is 0.385. The zero-order valence-corrected chi connectivity index (χ0v) is 10.4. The lowest BCUT2D eigenvalue weighted by atomic mass is 10.2. The third-order valence-corrected chi connectivity index (χ3v) is 3.11. The molecule has 0 aliphatic carbocycles. The Morgan fingerprint density at radius 2 is 2.32 bits per heavy atom. The van der Waals surface area contributed by atoms with E-state index in [1.54, 1.807) is 12.3 Å². The highest BCUT2D eigenvalue weighted by Gasteiger charge is 2.22. The normalized spacial score (nSPS) is 19.6. The first kappa shape index (κ1) is 12.1. The molecule has 3 heterocycles. The van der Waals surface area contributed by atoms with Crippen LogP contribution in [-0.2, 0) is 11.3 Å². The van der Waals surface area contributed by atoms with Crippen molar-refractivity contribution in [1.82, 2.24) is 14.8 Å². The summed E-state index contributed by atoms with van der Waals surface area (Å²) in [4.78, 5) is 5.95. The molecule has 100 valence electrons. The van der Waals surface area contributed by atoms with Crippen LogP contribution < -0.4 is 4.90 Å². The van der Waals surface area contributed by atoms with Gasteiger partial charge in [0.05, 0.1) is 19.3 Å². The minimum Gasteiger partial charge on any atom is -0.373 e. The number of morpholine rings is 1. The van der Waals surface area contributed by atoms with Gasteiger partial charge < -0.3 is 9.64 Å². The van der Waals surface area contributed by atoms with E-state index in [4.69, 9.17) is 4.74 Å². The van der Waals surface area contributed by atoms with Crippen molar-refractivity contribution < 1.29 is 9.13 Å². The van der Waals surface area contributed by atoms with Crippen LogP contribution in [0.15, 0.2) is 36.7 Å². The second kappa shape index (κ2) is 5.36. The van der Waals surface area contributed by atoms with E-state index in [0.717, 1.165) is 6.54 Å². The molecule has 0 saturated carbocycles. The van der Waals surface area contributed by atoms with Crippen molar-refractivity contribution in [3.63, 3.8) is 0 Å². The number of aromatic nitrogens is 3. The third kappa shape index (κ3) is 2.90. The van der Waals surface area contributed by atoms with E-state index in [2.05, 4.69) is 10.1 Å². The fourth-order valence-corrected chi connectivity index (χ4v) is 2.23. The Hall–Kier alpha value is -1.95. The summed E-state index contributed by atoms with van der Waals surface area (Å²) in [5.41, 5.74) is 0. The molecule has 6 heteroatoms. The lowest BCUT2D eigenvalue weighted by molar-refractivity contribution is 0.0271. The molecular weight excluding hydrogens is 247 g/mol. The smallest absolute Gasteiger partial charge is 0.214 e. The molecule has 0 bridgehead atoms. The Kier molecular flexibility index (Phi) is 3.41. The lowest BCUT2D eigenvalue weighted by Crippen LogP contribution is -2.44. The Labute approximate surface area is 110 Å². The van der Waals surface area contributed by atoms with Crippen molar-refractivity contribution >= 4 is 5.82 Å². The molecule has 3 rings (SSSR count). The fourth-order valence-electron chi connectivity index (χ4n) is 2.23.